The zero-order valence-electron chi connectivity index (χ0n) is 11.7. The summed E-state index contributed by atoms with van der Waals surface area (Å²) in [5.41, 5.74) is 5.01. The lowest BCUT2D eigenvalue weighted by Crippen LogP contribution is -2.41. The fourth-order valence-corrected chi connectivity index (χ4v) is 2.45. The number of benzene rings is 1. The van der Waals surface area contributed by atoms with Gasteiger partial charge in [0.15, 0.2) is 0 Å². The Hall–Kier alpha value is -1.75. The number of carbonyl (C=O) groups is 1. The van der Waals surface area contributed by atoms with Crippen molar-refractivity contribution < 1.29 is 18.1 Å². The van der Waals surface area contributed by atoms with E-state index in [1.807, 2.05) is 0 Å². The van der Waals surface area contributed by atoms with Gasteiger partial charge in [-0.3, -0.25) is 14.9 Å². The maximum absolute atomic E-state index is 11.9. The maximum atomic E-state index is 11.9. The third-order valence-corrected chi connectivity index (χ3v) is 3.93. The molecule has 1 amide bonds. The first kappa shape index (κ1) is 20.2. The van der Waals surface area contributed by atoms with E-state index >= 15 is 0 Å². The molecule has 4 N–H and O–H groups in total. The quantitative estimate of drug-likeness (QED) is 0.351. The lowest BCUT2D eigenvalue weighted by molar-refractivity contribution is -0.385. The van der Waals surface area contributed by atoms with E-state index in [1.165, 1.54) is 25.1 Å². The molecule has 9 nitrogen and oxygen atoms in total. The summed E-state index contributed by atoms with van der Waals surface area (Å²) in [7, 11) is -3.87. The van der Waals surface area contributed by atoms with Crippen LogP contribution < -0.4 is 15.8 Å². The molecule has 11 heteroatoms. The average molecular weight is 353 g/mol. The zero-order chi connectivity index (χ0) is 16.0. The van der Waals surface area contributed by atoms with Gasteiger partial charge in [-0.05, 0) is 13.0 Å². The van der Waals surface area contributed by atoms with Crippen LogP contribution in [0.5, 0.6) is 0 Å². The summed E-state index contributed by atoms with van der Waals surface area (Å²) < 4.78 is 26.1. The van der Waals surface area contributed by atoms with Crippen molar-refractivity contribution in [3.63, 3.8) is 0 Å². The predicted octanol–water partition coefficient (Wildman–Crippen LogP) is -0.242. The number of nitro groups is 1. The number of sulfonamides is 1. The smallest absolute Gasteiger partial charge is 0.270 e. The molecule has 0 spiro atoms. The van der Waals surface area contributed by atoms with Crippen LogP contribution in [0.15, 0.2) is 29.2 Å². The van der Waals surface area contributed by atoms with E-state index in [9.17, 15) is 23.3 Å². The van der Waals surface area contributed by atoms with Crippen LogP contribution in [0, 0.1) is 10.1 Å². The van der Waals surface area contributed by atoms with E-state index in [1.54, 1.807) is 0 Å². The number of rotatable bonds is 7. The Morgan fingerprint density at radius 2 is 2.05 bits per heavy atom. The highest BCUT2D eigenvalue weighted by molar-refractivity contribution is 7.89. The number of nitrogens with zero attached hydrogens (tertiary/aromatic N) is 1. The van der Waals surface area contributed by atoms with Crippen LogP contribution in [0.2, 0.25) is 0 Å². The van der Waals surface area contributed by atoms with Gasteiger partial charge in [0.25, 0.3) is 5.69 Å². The van der Waals surface area contributed by atoms with Crippen LogP contribution in [0.25, 0.3) is 0 Å². The fourth-order valence-electron chi connectivity index (χ4n) is 1.38. The summed E-state index contributed by atoms with van der Waals surface area (Å²) in [5.74, 6) is -0.399. The highest BCUT2D eigenvalue weighted by atomic mass is 35.5. The number of hydrogen-bond acceptors (Lipinski definition) is 6. The maximum Gasteiger partial charge on any atom is 0.270 e. The molecule has 1 rings (SSSR count). The lowest BCUT2D eigenvalue weighted by atomic mass is 10.3. The molecule has 0 heterocycles. The zero-order valence-corrected chi connectivity index (χ0v) is 13.3. The number of amides is 1. The van der Waals surface area contributed by atoms with Crippen molar-refractivity contribution in [1.29, 1.82) is 0 Å². The topological polar surface area (TPSA) is 144 Å². The van der Waals surface area contributed by atoms with Gasteiger partial charge in [-0.15, -0.1) is 12.4 Å². The Balaban J connectivity index is 0.00000441. The molecule has 1 aromatic carbocycles. The van der Waals surface area contributed by atoms with Crippen molar-refractivity contribution in [2.24, 2.45) is 5.73 Å². The Labute approximate surface area is 133 Å². The SMILES string of the molecule is C[C@H](N)C(=O)NCCNS(=O)(=O)c1cccc([N+](=O)[O-])c1.Cl. The molecule has 0 radical (unpaired) electrons. The van der Waals surface area contributed by atoms with Gasteiger partial charge in [0.2, 0.25) is 15.9 Å². The number of halogens is 1. The normalized spacial score (nSPS) is 12.1. The Morgan fingerprint density at radius 3 is 2.59 bits per heavy atom. The molecule has 0 aliphatic rings. The van der Waals surface area contributed by atoms with Crippen molar-refractivity contribution in [2.45, 2.75) is 17.9 Å². The molecule has 0 fully saturated rings. The number of nitrogens with two attached hydrogens (primary N) is 1. The molecular weight excluding hydrogens is 336 g/mol. The van der Waals surface area contributed by atoms with E-state index < -0.39 is 26.9 Å². The second-order valence-corrected chi connectivity index (χ2v) is 6.00. The molecule has 0 unspecified atom stereocenters. The minimum atomic E-state index is -3.87. The molecule has 22 heavy (non-hydrogen) atoms. The molecule has 0 aliphatic carbocycles. The van der Waals surface area contributed by atoms with Crippen LogP contribution >= 0.6 is 12.4 Å². The van der Waals surface area contributed by atoms with Gasteiger partial charge in [0.1, 0.15) is 0 Å². The van der Waals surface area contributed by atoms with Gasteiger partial charge in [-0.2, -0.15) is 0 Å². The second kappa shape index (κ2) is 8.63. The monoisotopic (exact) mass is 352 g/mol. The van der Waals surface area contributed by atoms with Crippen LogP contribution in [-0.2, 0) is 14.8 Å². The molecule has 0 aliphatic heterocycles. The molecule has 0 aromatic heterocycles. The van der Waals surface area contributed by atoms with Crippen molar-refractivity contribution in [3.05, 3.63) is 34.4 Å². The van der Waals surface area contributed by atoms with E-state index in [0.29, 0.717) is 0 Å². The van der Waals surface area contributed by atoms with Crippen molar-refractivity contribution in [1.82, 2.24) is 10.0 Å². The molecule has 124 valence electrons. The van der Waals surface area contributed by atoms with Gasteiger partial charge in [-0.1, -0.05) is 6.07 Å². The average Bonchev–Trinajstić information content (AvgIpc) is 2.43. The molecule has 0 saturated heterocycles. The highest BCUT2D eigenvalue weighted by Gasteiger charge is 2.17. The molecular formula is C11H17ClN4O5S. The standard InChI is InChI=1S/C11H16N4O5S.ClH/c1-8(12)11(16)13-5-6-14-21(19,20)10-4-2-3-9(7-10)15(17)18;/h2-4,7-8,14H,5-6,12H2,1H3,(H,13,16);1H/t8-;/m0./s1. The van der Waals surface area contributed by atoms with Crippen LogP contribution in [-0.4, -0.2) is 38.4 Å². The van der Waals surface area contributed by atoms with Gasteiger partial charge < -0.3 is 11.1 Å². The first-order valence-corrected chi connectivity index (χ1v) is 7.50. The van der Waals surface area contributed by atoms with Crippen LogP contribution in [0.3, 0.4) is 0 Å². The lowest BCUT2D eigenvalue weighted by Gasteiger charge is -2.09. The molecule has 1 atom stereocenters. The molecule has 0 saturated carbocycles. The van der Waals surface area contributed by atoms with E-state index in [-0.39, 0.29) is 36.1 Å². The number of nitrogens with one attached hydrogen (secondary N) is 2. The fraction of sp³-hybridized carbons (Fsp3) is 0.364. The van der Waals surface area contributed by atoms with E-state index in [0.717, 1.165) is 6.07 Å². The first-order chi connectivity index (χ1) is 9.74. The van der Waals surface area contributed by atoms with Crippen molar-refractivity contribution >= 4 is 34.0 Å². The number of hydrogen-bond donors (Lipinski definition) is 3. The third kappa shape index (κ3) is 5.93. The molecule has 0 bridgehead atoms. The highest BCUT2D eigenvalue weighted by Crippen LogP contribution is 2.16. The van der Waals surface area contributed by atoms with Gasteiger partial charge in [0, 0.05) is 25.2 Å². The number of nitro benzene ring substituents is 1. The Bertz CT molecular complexity index is 635. The largest absolute Gasteiger partial charge is 0.353 e. The summed E-state index contributed by atoms with van der Waals surface area (Å²) in [5, 5.41) is 13.0. The van der Waals surface area contributed by atoms with Crippen molar-refractivity contribution in [2.75, 3.05) is 13.1 Å². The first-order valence-electron chi connectivity index (χ1n) is 6.01. The van der Waals surface area contributed by atoms with Gasteiger partial charge in [-0.25, -0.2) is 13.1 Å². The van der Waals surface area contributed by atoms with E-state index in [2.05, 4.69) is 10.0 Å². The number of non-ortho nitro benzene ring substituents is 1. The van der Waals surface area contributed by atoms with Crippen molar-refractivity contribution in [3.8, 4) is 0 Å². The van der Waals surface area contributed by atoms with Gasteiger partial charge in [0.05, 0.1) is 15.9 Å². The Morgan fingerprint density at radius 1 is 1.41 bits per heavy atom. The summed E-state index contributed by atoms with van der Waals surface area (Å²) in [4.78, 5) is 20.9. The minimum Gasteiger partial charge on any atom is -0.353 e. The summed E-state index contributed by atoms with van der Waals surface area (Å²) >= 11 is 0. The third-order valence-electron chi connectivity index (χ3n) is 2.47. The number of carbonyl (C=O) groups excluding carboxylic acids is 1. The predicted molar refractivity (Wildman–Crippen MR) is 82.2 cm³/mol. The minimum absolute atomic E-state index is 0. The van der Waals surface area contributed by atoms with Crippen LogP contribution in [0.4, 0.5) is 5.69 Å². The summed E-state index contributed by atoms with van der Waals surface area (Å²) in [6.07, 6.45) is 0. The Kier molecular flexibility index (Phi) is 7.95. The second-order valence-electron chi connectivity index (χ2n) is 4.23. The van der Waals surface area contributed by atoms with Gasteiger partial charge >= 0.3 is 0 Å². The molecule has 1 aromatic rings. The summed E-state index contributed by atoms with van der Waals surface area (Å²) in [6, 6.07) is 4.00. The van der Waals surface area contributed by atoms with Crippen LogP contribution in [0.1, 0.15) is 6.92 Å². The van der Waals surface area contributed by atoms with E-state index in [4.69, 9.17) is 5.73 Å². The summed E-state index contributed by atoms with van der Waals surface area (Å²) in [6.45, 7) is 1.51.